The fourth-order valence-electron chi connectivity index (χ4n) is 1.32. The van der Waals surface area contributed by atoms with Gasteiger partial charge in [-0.15, -0.1) is 11.3 Å². The molecule has 1 amide bonds. The van der Waals surface area contributed by atoms with Crippen molar-refractivity contribution >= 4 is 17.2 Å². The molecule has 1 rings (SSSR count). The van der Waals surface area contributed by atoms with Crippen molar-refractivity contribution in [2.75, 3.05) is 0 Å². The molecule has 0 aliphatic carbocycles. The van der Waals surface area contributed by atoms with E-state index in [9.17, 15) is 4.79 Å². The van der Waals surface area contributed by atoms with E-state index in [4.69, 9.17) is 5.73 Å². The number of nitrogens with one attached hydrogen (secondary N) is 1. The van der Waals surface area contributed by atoms with E-state index in [1.807, 2.05) is 33.1 Å². The fraction of sp³-hybridized carbons (Fsp3) is 0.667. The largest absolute Gasteiger partial charge is 0.347 e. The van der Waals surface area contributed by atoms with E-state index in [-0.39, 0.29) is 23.4 Å². The van der Waals surface area contributed by atoms with E-state index in [1.54, 1.807) is 17.5 Å². The van der Waals surface area contributed by atoms with E-state index in [2.05, 4.69) is 10.3 Å². The van der Waals surface area contributed by atoms with Crippen LogP contribution >= 0.6 is 11.3 Å². The number of thiazole rings is 1. The molecule has 1 aromatic rings. The molecule has 0 aliphatic heterocycles. The van der Waals surface area contributed by atoms with Crippen LogP contribution in [-0.4, -0.2) is 16.9 Å². The maximum atomic E-state index is 11.8. The molecule has 0 radical (unpaired) electrons. The molecule has 0 aromatic carbocycles. The normalized spacial score (nSPS) is 15.4. The zero-order chi connectivity index (χ0) is 13.1. The van der Waals surface area contributed by atoms with E-state index in [0.717, 1.165) is 5.01 Å². The maximum absolute atomic E-state index is 11.8. The summed E-state index contributed by atoms with van der Waals surface area (Å²) >= 11 is 1.54. The Labute approximate surface area is 107 Å². The van der Waals surface area contributed by atoms with Gasteiger partial charge in [0, 0.05) is 24.0 Å². The molecule has 1 heterocycles. The average molecular weight is 255 g/mol. The summed E-state index contributed by atoms with van der Waals surface area (Å²) in [6, 6.07) is -0.180. The molecular formula is C12H21N3OS. The van der Waals surface area contributed by atoms with Crippen LogP contribution in [0.15, 0.2) is 11.6 Å². The highest BCUT2D eigenvalue weighted by atomic mass is 32.1. The van der Waals surface area contributed by atoms with Crippen molar-refractivity contribution in [3.05, 3.63) is 16.6 Å². The van der Waals surface area contributed by atoms with Gasteiger partial charge in [0.2, 0.25) is 5.91 Å². The number of carbonyl (C=O) groups is 1. The number of nitrogens with zero attached hydrogens (tertiary/aromatic N) is 1. The van der Waals surface area contributed by atoms with Crippen molar-refractivity contribution in [2.24, 2.45) is 11.1 Å². The van der Waals surface area contributed by atoms with Crippen molar-refractivity contribution in [2.45, 2.75) is 46.2 Å². The molecule has 5 heteroatoms. The zero-order valence-corrected chi connectivity index (χ0v) is 11.7. The summed E-state index contributed by atoms with van der Waals surface area (Å²) < 4.78 is 0. The molecule has 0 bridgehead atoms. The van der Waals surface area contributed by atoms with Crippen molar-refractivity contribution in [3.8, 4) is 0 Å². The maximum Gasteiger partial charge on any atom is 0.222 e. The Bertz CT molecular complexity index is 356. The number of nitrogens with two attached hydrogens (primary N) is 1. The Kier molecular flexibility index (Phi) is 4.65. The third-order valence-electron chi connectivity index (χ3n) is 2.72. The van der Waals surface area contributed by atoms with E-state index in [1.165, 1.54) is 0 Å². The first-order valence-corrected chi connectivity index (χ1v) is 6.63. The molecule has 4 nitrogen and oxygen atoms in total. The molecule has 2 unspecified atom stereocenters. The predicted octanol–water partition coefficient (Wildman–Crippen LogP) is 2.08. The lowest BCUT2D eigenvalue weighted by molar-refractivity contribution is -0.122. The standard InChI is InChI=1S/C12H21N3OS/c1-8(11-14-5-6-17-11)15-10(16)7-9(13)12(2,3)4/h5-6,8-9H,7,13H2,1-4H3,(H,15,16). The SMILES string of the molecule is CC(NC(=O)CC(N)C(C)(C)C)c1nccs1. The van der Waals surface area contributed by atoms with Gasteiger partial charge >= 0.3 is 0 Å². The van der Waals surface area contributed by atoms with Gasteiger partial charge in [0.05, 0.1) is 6.04 Å². The lowest BCUT2D eigenvalue weighted by Gasteiger charge is -2.26. The number of carbonyl (C=O) groups excluding carboxylic acids is 1. The molecule has 0 saturated heterocycles. The predicted molar refractivity (Wildman–Crippen MR) is 70.7 cm³/mol. The topological polar surface area (TPSA) is 68.0 Å². The summed E-state index contributed by atoms with van der Waals surface area (Å²) in [4.78, 5) is 16.0. The summed E-state index contributed by atoms with van der Waals surface area (Å²) in [5.74, 6) is -0.0184. The molecule has 0 fully saturated rings. The number of amides is 1. The van der Waals surface area contributed by atoms with E-state index in [0.29, 0.717) is 6.42 Å². The number of rotatable bonds is 4. The van der Waals surface area contributed by atoms with Crippen LogP contribution in [0.5, 0.6) is 0 Å². The van der Waals surface area contributed by atoms with Gasteiger partial charge in [-0.05, 0) is 12.3 Å². The summed E-state index contributed by atoms with van der Waals surface area (Å²) in [5.41, 5.74) is 5.92. The van der Waals surface area contributed by atoms with Crippen LogP contribution in [0, 0.1) is 5.41 Å². The third kappa shape index (κ3) is 4.44. The molecule has 17 heavy (non-hydrogen) atoms. The van der Waals surface area contributed by atoms with Gasteiger partial charge in [-0.2, -0.15) is 0 Å². The summed E-state index contributed by atoms with van der Waals surface area (Å²) in [7, 11) is 0. The quantitative estimate of drug-likeness (QED) is 0.865. The molecule has 0 saturated carbocycles. The van der Waals surface area contributed by atoms with Crippen molar-refractivity contribution in [1.82, 2.24) is 10.3 Å². The number of hydrogen-bond donors (Lipinski definition) is 2. The molecule has 3 N–H and O–H groups in total. The smallest absolute Gasteiger partial charge is 0.222 e. The first kappa shape index (κ1) is 14.1. The lowest BCUT2D eigenvalue weighted by atomic mass is 9.85. The van der Waals surface area contributed by atoms with E-state index < -0.39 is 0 Å². The van der Waals surface area contributed by atoms with Gasteiger partial charge in [-0.3, -0.25) is 4.79 Å². The lowest BCUT2D eigenvalue weighted by Crippen LogP contribution is -2.40. The van der Waals surface area contributed by atoms with E-state index >= 15 is 0 Å². The van der Waals surface area contributed by atoms with Crippen LogP contribution in [0.4, 0.5) is 0 Å². The minimum atomic E-state index is -0.133. The van der Waals surface area contributed by atoms with Crippen molar-refractivity contribution < 1.29 is 4.79 Å². The van der Waals surface area contributed by atoms with Gasteiger partial charge in [-0.1, -0.05) is 20.8 Å². The van der Waals surface area contributed by atoms with Crippen LogP contribution in [0.1, 0.15) is 45.2 Å². The van der Waals surface area contributed by atoms with Gasteiger partial charge in [0.25, 0.3) is 0 Å². The highest BCUT2D eigenvalue weighted by Crippen LogP contribution is 2.20. The van der Waals surface area contributed by atoms with Crippen molar-refractivity contribution in [3.63, 3.8) is 0 Å². The van der Waals surface area contributed by atoms with Crippen LogP contribution < -0.4 is 11.1 Å². The Morgan fingerprint density at radius 2 is 2.24 bits per heavy atom. The van der Waals surface area contributed by atoms with Crippen LogP contribution in [0.2, 0.25) is 0 Å². The summed E-state index contributed by atoms with van der Waals surface area (Å²) in [6.45, 7) is 8.04. The molecule has 0 aliphatic rings. The highest BCUT2D eigenvalue weighted by Gasteiger charge is 2.24. The second-order valence-corrected chi connectivity index (χ2v) is 6.26. The van der Waals surface area contributed by atoms with Gasteiger partial charge in [0.1, 0.15) is 5.01 Å². The minimum Gasteiger partial charge on any atom is -0.347 e. The molecule has 0 spiro atoms. The Balaban J connectivity index is 2.45. The van der Waals surface area contributed by atoms with Gasteiger partial charge < -0.3 is 11.1 Å². The molecular weight excluding hydrogens is 234 g/mol. The third-order valence-corrected chi connectivity index (χ3v) is 3.68. The highest BCUT2D eigenvalue weighted by molar-refractivity contribution is 7.09. The van der Waals surface area contributed by atoms with Crippen LogP contribution in [0.3, 0.4) is 0 Å². The molecule has 1 aromatic heterocycles. The van der Waals surface area contributed by atoms with Crippen LogP contribution in [0.25, 0.3) is 0 Å². The Morgan fingerprint density at radius 1 is 1.59 bits per heavy atom. The average Bonchev–Trinajstić information content (AvgIpc) is 2.68. The molecule has 96 valence electrons. The van der Waals surface area contributed by atoms with Gasteiger partial charge in [-0.25, -0.2) is 4.98 Å². The van der Waals surface area contributed by atoms with Crippen molar-refractivity contribution in [1.29, 1.82) is 0 Å². The fourth-order valence-corrected chi connectivity index (χ4v) is 1.96. The second-order valence-electron chi connectivity index (χ2n) is 5.34. The first-order chi connectivity index (χ1) is 7.80. The summed E-state index contributed by atoms with van der Waals surface area (Å²) in [5, 5.41) is 5.74. The second kappa shape index (κ2) is 5.60. The Morgan fingerprint density at radius 3 is 2.71 bits per heavy atom. The first-order valence-electron chi connectivity index (χ1n) is 5.75. The minimum absolute atomic E-state index is 0.0184. The zero-order valence-electron chi connectivity index (χ0n) is 10.9. The monoisotopic (exact) mass is 255 g/mol. The van der Waals surface area contributed by atoms with Gasteiger partial charge in [0.15, 0.2) is 0 Å². The summed E-state index contributed by atoms with van der Waals surface area (Å²) in [6.07, 6.45) is 2.09. The number of aromatic nitrogens is 1. The Hall–Kier alpha value is -0.940. The molecule has 2 atom stereocenters. The van der Waals surface area contributed by atoms with Crippen LogP contribution in [-0.2, 0) is 4.79 Å². The number of hydrogen-bond acceptors (Lipinski definition) is 4.